The van der Waals surface area contributed by atoms with Gasteiger partial charge in [-0.2, -0.15) is 8.78 Å². The average Bonchev–Trinajstić information content (AvgIpc) is 3.42. The van der Waals surface area contributed by atoms with Crippen LogP contribution in [0.2, 0.25) is 0 Å². The second-order valence-electron chi connectivity index (χ2n) is 10.6. The second kappa shape index (κ2) is 10.1. The van der Waals surface area contributed by atoms with E-state index in [1.54, 1.807) is 0 Å². The van der Waals surface area contributed by atoms with Gasteiger partial charge in [-0.3, -0.25) is 0 Å². The molecule has 3 aliphatic rings. The highest BCUT2D eigenvalue weighted by Gasteiger charge is 2.47. The quantitative estimate of drug-likeness (QED) is 0.233. The fourth-order valence-corrected chi connectivity index (χ4v) is 6.47. The fourth-order valence-electron chi connectivity index (χ4n) is 6.47. The predicted octanol–water partition coefficient (Wildman–Crippen LogP) is 6.24. The van der Waals surface area contributed by atoms with Gasteiger partial charge in [-0.1, -0.05) is 12.2 Å². The van der Waals surface area contributed by atoms with Crippen LogP contribution in [0.5, 0.6) is 5.75 Å². The molecular weight excluding hydrogens is 455 g/mol. The van der Waals surface area contributed by atoms with Crippen molar-refractivity contribution in [2.24, 2.45) is 35.0 Å². The summed E-state index contributed by atoms with van der Waals surface area (Å²) in [4.78, 5) is 0. The van der Waals surface area contributed by atoms with Gasteiger partial charge in [0.2, 0.25) is 0 Å². The zero-order valence-electron chi connectivity index (χ0n) is 19.2. The molecule has 1 aromatic carbocycles. The molecule has 3 nitrogen and oxygen atoms in total. The van der Waals surface area contributed by atoms with Gasteiger partial charge in [-0.05, 0) is 86.9 Å². The maximum atomic E-state index is 14.7. The predicted molar refractivity (Wildman–Crippen MR) is 117 cm³/mol. The van der Waals surface area contributed by atoms with E-state index >= 15 is 0 Å². The molecule has 0 spiro atoms. The zero-order valence-corrected chi connectivity index (χ0v) is 19.2. The third-order valence-electron chi connectivity index (χ3n) is 8.43. The molecule has 0 radical (unpaired) electrons. The Bertz CT molecular complexity index is 860. The van der Waals surface area contributed by atoms with Crippen molar-refractivity contribution in [1.29, 1.82) is 0 Å². The first-order valence-corrected chi connectivity index (χ1v) is 12.3. The van der Waals surface area contributed by atoms with Crippen LogP contribution in [0.15, 0.2) is 24.3 Å². The molecule has 0 saturated heterocycles. The van der Waals surface area contributed by atoms with Crippen LogP contribution >= 0.6 is 0 Å². The maximum absolute atomic E-state index is 14.7. The first kappa shape index (κ1) is 25.4. The van der Waals surface area contributed by atoms with E-state index in [9.17, 15) is 32.2 Å². The van der Waals surface area contributed by atoms with Gasteiger partial charge in [0, 0.05) is 25.3 Å². The smallest absolute Gasteiger partial charge is 0.400 e. The third kappa shape index (κ3) is 5.27. The Morgan fingerprint density at radius 1 is 1.00 bits per heavy atom. The molecule has 1 aromatic rings. The summed E-state index contributed by atoms with van der Waals surface area (Å²) in [6.07, 6.45) is 7.00. The van der Waals surface area contributed by atoms with E-state index in [0.717, 1.165) is 19.3 Å². The zero-order chi connectivity index (χ0) is 24.5. The highest BCUT2D eigenvalue weighted by atomic mass is 19.3. The number of alkyl halides is 2. The van der Waals surface area contributed by atoms with Gasteiger partial charge < -0.3 is 14.9 Å². The summed E-state index contributed by atoms with van der Waals surface area (Å²) in [5, 5.41) is 20.1. The number of ether oxygens (including phenoxy) is 1. The Morgan fingerprint density at radius 2 is 1.68 bits per heavy atom. The molecule has 34 heavy (non-hydrogen) atoms. The summed E-state index contributed by atoms with van der Waals surface area (Å²) in [7, 11) is 0. The van der Waals surface area contributed by atoms with E-state index < -0.39 is 35.2 Å². The molecular formula is C26H33F5O3. The van der Waals surface area contributed by atoms with Crippen molar-refractivity contribution in [3.63, 3.8) is 0 Å². The Morgan fingerprint density at radius 3 is 2.18 bits per heavy atom. The Labute approximate surface area is 197 Å². The molecule has 2 N–H and O–H groups in total. The summed E-state index contributed by atoms with van der Waals surface area (Å²) in [5.41, 5.74) is 0.0309. The van der Waals surface area contributed by atoms with E-state index in [-0.39, 0.29) is 49.2 Å². The van der Waals surface area contributed by atoms with E-state index in [0.29, 0.717) is 43.7 Å². The summed E-state index contributed by atoms with van der Waals surface area (Å²) in [5.74, 6) is -5.86. The molecule has 2 fully saturated rings. The number of benzene rings is 1. The van der Waals surface area contributed by atoms with Crippen molar-refractivity contribution in [3.8, 4) is 5.75 Å². The monoisotopic (exact) mass is 488 g/mol. The maximum Gasteiger partial charge on any atom is 0.400 e. The minimum atomic E-state index is -3.63. The molecule has 2 saturated carbocycles. The van der Waals surface area contributed by atoms with Gasteiger partial charge >= 0.3 is 6.11 Å². The van der Waals surface area contributed by atoms with Crippen molar-refractivity contribution in [3.05, 3.63) is 41.7 Å². The Balaban J connectivity index is 1.30. The summed E-state index contributed by atoms with van der Waals surface area (Å²) in [6, 6.07) is 0.847. The van der Waals surface area contributed by atoms with E-state index in [4.69, 9.17) is 0 Å². The van der Waals surface area contributed by atoms with Gasteiger partial charge in [0.15, 0.2) is 17.5 Å². The van der Waals surface area contributed by atoms with Crippen LogP contribution in [0, 0.1) is 52.5 Å². The number of hydrogen-bond donors (Lipinski definition) is 2. The number of aliphatic hydroxyl groups is 2. The summed E-state index contributed by atoms with van der Waals surface area (Å²) >= 11 is 0. The van der Waals surface area contributed by atoms with Crippen LogP contribution in [0.25, 0.3) is 0 Å². The summed E-state index contributed by atoms with van der Waals surface area (Å²) < 4.78 is 73.7. The van der Waals surface area contributed by atoms with Crippen LogP contribution in [-0.2, 0) is 0 Å². The van der Waals surface area contributed by atoms with Gasteiger partial charge in [-0.25, -0.2) is 13.2 Å². The molecule has 0 amide bonds. The molecule has 0 aliphatic heterocycles. The van der Waals surface area contributed by atoms with E-state index in [1.807, 2.05) is 0 Å². The topological polar surface area (TPSA) is 49.7 Å². The lowest BCUT2D eigenvalue weighted by molar-refractivity contribution is -0.223. The molecule has 190 valence electrons. The SMILES string of the molecule is OCC(CC1CCC(C(F)(F)Oc2cc(F)c(F)c(F)c2)CC1)CC(CO)[C@@]12C=CC(CC1)C2. The van der Waals surface area contributed by atoms with Crippen LogP contribution < -0.4 is 4.74 Å². The fraction of sp³-hybridized carbons (Fsp3) is 0.692. The number of hydrogen-bond acceptors (Lipinski definition) is 3. The van der Waals surface area contributed by atoms with Crippen LogP contribution in [-0.4, -0.2) is 29.5 Å². The molecule has 4 rings (SSSR count). The van der Waals surface area contributed by atoms with Gasteiger partial charge in [0.25, 0.3) is 0 Å². The Kier molecular flexibility index (Phi) is 7.58. The van der Waals surface area contributed by atoms with Gasteiger partial charge in [-0.15, -0.1) is 0 Å². The minimum absolute atomic E-state index is 0.000612. The van der Waals surface area contributed by atoms with E-state index in [1.165, 1.54) is 0 Å². The lowest BCUT2D eigenvalue weighted by atomic mass is 9.69. The number of rotatable bonds is 10. The van der Waals surface area contributed by atoms with E-state index in [2.05, 4.69) is 16.9 Å². The highest BCUT2D eigenvalue weighted by Crippen LogP contribution is 2.55. The molecule has 0 aromatic heterocycles. The van der Waals surface area contributed by atoms with Crippen LogP contribution in [0.1, 0.15) is 57.8 Å². The van der Waals surface area contributed by atoms with Crippen molar-refractivity contribution < 1.29 is 36.9 Å². The number of halogens is 5. The molecule has 2 bridgehead atoms. The largest absolute Gasteiger partial charge is 0.432 e. The van der Waals surface area contributed by atoms with Gasteiger partial charge in [0.1, 0.15) is 5.75 Å². The van der Waals surface area contributed by atoms with Crippen LogP contribution in [0.3, 0.4) is 0 Å². The van der Waals surface area contributed by atoms with Crippen molar-refractivity contribution in [2.45, 2.75) is 63.9 Å². The standard InChI is InChI=1S/C26H33F5O3/c27-22-11-21(12-23(28)24(22)29)34-26(30,31)19-3-1-16(2-4-19)9-18(14-32)10-20(15-33)25-7-5-17(13-25)6-8-25/h5,7,11-12,16-20,32-33H,1-4,6,8-10,13-15H2/t16?,17?,18?,19?,20?,25-/m0/s1. The number of allylic oxidation sites excluding steroid dienone is 2. The first-order chi connectivity index (χ1) is 16.2. The first-order valence-electron chi connectivity index (χ1n) is 12.3. The molecule has 0 heterocycles. The molecule has 4 atom stereocenters. The lowest BCUT2D eigenvalue weighted by Crippen LogP contribution is -2.37. The molecule has 3 aliphatic carbocycles. The number of fused-ring (bicyclic) bond motifs is 2. The lowest BCUT2D eigenvalue weighted by Gasteiger charge is -2.37. The van der Waals surface area contributed by atoms with Crippen molar-refractivity contribution in [2.75, 3.05) is 13.2 Å². The molecule has 3 unspecified atom stereocenters. The Hall–Kier alpha value is -1.67. The van der Waals surface area contributed by atoms with Crippen molar-refractivity contribution >= 4 is 0 Å². The average molecular weight is 489 g/mol. The van der Waals surface area contributed by atoms with Crippen LogP contribution in [0.4, 0.5) is 22.0 Å². The number of aliphatic hydroxyl groups excluding tert-OH is 2. The highest BCUT2D eigenvalue weighted by molar-refractivity contribution is 5.25. The normalized spacial score (nSPS) is 30.5. The van der Waals surface area contributed by atoms with Crippen molar-refractivity contribution in [1.82, 2.24) is 0 Å². The minimum Gasteiger partial charge on any atom is -0.432 e. The second-order valence-corrected chi connectivity index (χ2v) is 10.6. The summed E-state index contributed by atoms with van der Waals surface area (Å²) in [6.45, 7) is 0.0784. The third-order valence-corrected chi connectivity index (χ3v) is 8.43. The van der Waals surface area contributed by atoms with Gasteiger partial charge in [0.05, 0.1) is 5.92 Å². The molecule has 8 heteroatoms.